The molecule has 2 aliphatic carbocycles. The van der Waals surface area contributed by atoms with Crippen LogP contribution < -0.4 is 0 Å². The van der Waals surface area contributed by atoms with Gasteiger partial charge in [0.05, 0.1) is 0 Å². The number of hydrogen-bond acceptors (Lipinski definition) is 1. The minimum atomic E-state index is 1.05. The van der Waals surface area contributed by atoms with Gasteiger partial charge in [-0.1, -0.05) is 6.92 Å². The molecule has 0 spiro atoms. The first kappa shape index (κ1) is 7.37. The number of fused-ring (bicyclic) bond motifs is 1. The van der Waals surface area contributed by atoms with Crippen LogP contribution in [0.2, 0.25) is 0 Å². The van der Waals surface area contributed by atoms with Crippen LogP contribution in [0.3, 0.4) is 0 Å². The van der Waals surface area contributed by atoms with E-state index in [9.17, 15) is 0 Å². The Bertz CT molecular complexity index is 201. The predicted molar refractivity (Wildman–Crippen MR) is 49.9 cm³/mol. The molecule has 0 aromatic carbocycles. The molecular formula is C11H19N. The number of nitrogens with zero attached hydrogens (tertiary/aromatic N) is 1. The molecule has 1 saturated heterocycles. The van der Waals surface area contributed by atoms with Gasteiger partial charge >= 0.3 is 0 Å². The van der Waals surface area contributed by atoms with Gasteiger partial charge in [-0.3, -0.25) is 0 Å². The second-order valence-electron chi connectivity index (χ2n) is 5.34. The van der Waals surface area contributed by atoms with Crippen LogP contribution in [0.25, 0.3) is 0 Å². The molecule has 68 valence electrons. The first-order valence-electron chi connectivity index (χ1n) is 5.46. The van der Waals surface area contributed by atoms with Gasteiger partial charge in [0.15, 0.2) is 0 Å². The average Bonchev–Trinajstić information content (AvgIpc) is 2.61. The highest BCUT2D eigenvalue weighted by molar-refractivity contribution is 5.10. The fraction of sp³-hybridized carbons (Fsp3) is 1.00. The van der Waals surface area contributed by atoms with Crippen LogP contribution in [0.1, 0.15) is 19.8 Å². The summed E-state index contributed by atoms with van der Waals surface area (Å²) in [6.45, 7) is 5.23. The highest BCUT2D eigenvalue weighted by Gasteiger charge is 2.61. The number of rotatable bonds is 0. The Labute approximate surface area is 75.1 Å². The van der Waals surface area contributed by atoms with Crippen LogP contribution >= 0.6 is 0 Å². The fourth-order valence-corrected chi connectivity index (χ4v) is 4.08. The summed E-state index contributed by atoms with van der Waals surface area (Å²) in [5.74, 6) is 5.56. The predicted octanol–water partition coefficient (Wildman–Crippen LogP) is 1.84. The number of hydrogen-bond donors (Lipinski definition) is 0. The van der Waals surface area contributed by atoms with Gasteiger partial charge in [-0.15, -0.1) is 0 Å². The molecule has 3 fully saturated rings. The van der Waals surface area contributed by atoms with E-state index in [2.05, 4.69) is 18.9 Å². The molecule has 0 amide bonds. The molecule has 1 nitrogen and oxygen atoms in total. The smallest absolute Gasteiger partial charge is 0.00123 e. The summed E-state index contributed by atoms with van der Waals surface area (Å²) < 4.78 is 0. The van der Waals surface area contributed by atoms with E-state index in [1.54, 1.807) is 6.42 Å². The van der Waals surface area contributed by atoms with Gasteiger partial charge in [0, 0.05) is 6.54 Å². The van der Waals surface area contributed by atoms with E-state index in [-0.39, 0.29) is 0 Å². The van der Waals surface area contributed by atoms with Gasteiger partial charge in [0.1, 0.15) is 0 Å². The van der Waals surface area contributed by atoms with Crippen molar-refractivity contribution in [2.24, 2.45) is 29.6 Å². The zero-order chi connectivity index (χ0) is 8.29. The number of likely N-dealkylation sites (tertiary alicyclic amines) is 1. The van der Waals surface area contributed by atoms with Crippen molar-refractivity contribution in [1.29, 1.82) is 0 Å². The highest BCUT2D eigenvalue weighted by Crippen LogP contribution is 2.64. The fourth-order valence-electron chi connectivity index (χ4n) is 4.08. The lowest BCUT2D eigenvalue weighted by molar-refractivity contribution is 0.318. The lowest BCUT2D eigenvalue weighted by Gasteiger charge is -2.13. The van der Waals surface area contributed by atoms with E-state index in [0.29, 0.717) is 0 Å². The Balaban J connectivity index is 1.82. The first-order valence-corrected chi connectivity index (χ1v) is 5.46. The Morgan fingerprint density at radius 2 is 2.08 bits per heavy atom. The molecule has 1 aliphatic heterocycles. The third kappa shape index (κ3) is 0.834. The van der Waals surface area contributed by atoms with Crippen molar-refractivity contribution in [3.8, 4) is 0 Å². The molecule has 0 N–H and O–H groups in total. The second kappa shape index (κ2) is 2.25. The Hall–Kier alpha value is -0.0400. The van der Waals surface area contributed by atoms with Crippen molar-refractivity contribution < 1.29 is 0 Å². The van der Waals surface area contributed by atoms with E-state index >= 15 is 0 Å². The third-order valence-corrected chi connectivity index (χ3v) is 4.57. The Morgan fingerprint density at radius 3 is 2.92 bits per heavy atom. The molecule has 3 rings (SSSR count). The summed E-state index contributed by atoms with van der Waals surface area (Å²) in [5.41, 5.74) is 0. The zero-order valence-electron chi connectivity index (χ0n) is 8.16. The lowest BCUT2D eigenvalue weighted by Crippen LogP contribution is -2.21. The quantitative estimate of drug-likeness (QED) is 0.529. The maximum absolute atomic E-state index is 2.55. The third-order valence-electron chi connectivity index (χ3n) is 4.57. The van der Waals surface area contributed by atoms with E-state index in [0.717, 1.165) is 29.6 Å². The van der Waals surface area contributed by atoms with E-state index < -0.39 is 0 Å². The first-order chi connectivity index (χ1) is 5.77. The van der Waals surface area contributed by atoms with Crippen molar-refractivity contribution in [2.45, 2.75) is 19.8 Å². The van der Waals surface area contributed by atoms with Gasteiger partial charge in [-0.05, 0) is 56.0 Å². The van der Waals surface area contributed by atoms with Crippen molar-refractivity contribution in [3.63, 3.8) is 0 Å². The maximum Gasteiger partial charge on any atom is 0.00123 e. The van der Waals surface area contributed by atoms with E-state index in [4.69, 9.17) is 0 Å². The van der Waals surface area contributed by atoms with Crippen molar-refractivity contribution >= 4 is 0 Å². The standard InChI is InChI=1S/C11H19N/c1-7-5-8-3-4-12(2)6-9-10(7)11(8)9/h7-11H,3-6H2,1-2H3. The maximum atomic E-state index is 2.55. The van der Waals surface area contributed by atoms with Crippen LogP contribution in [-0.2, 0) is 0 Å². The summed E-state index contributed by atoms with van der Waals surface area (Å²) in [7, 11) is 2.30. The molecule has 5 atom stereocenters. The summed E-state index contributed by atoms with van der Waals surface area (Å²) >= 11 is 0. The van der Waals surface area contributed by atoms with Crippen LogP contribution in [0.4, 0.5) is 0 Å². The zero-order valence-corrected chi connectivity index (χ0v) is 8.16. The minimum Gasteiger partial charge on any atom is -0.306 e. The van der Waals surface area contributed by atoms with Gasteiger partial charge in [0.25, 0.3) is 0 Å². The summed E-state index contributed by atoms with van der Waals surface area (Å²) in [6.07, 6.45) is 3.03. The molecule has 0 radical (unpaired) electrons. The molecule has 3 aliphatic rings. The topological polar surface area (TPSA) is 3.24 Å². The molecule has 1 heteroatoms. The molecule has 0 aromatic heterocycles. The molecule has 0 aromatic rings. The molecule has 2 saturated carbocycles. The van der Waals surface area contributed by atoms with Crippen LogP contribution in [0.5, 0.6) is 0 Å². The van der Waals surface area contributed by atoms with E-state index in [1.165, 1.54) is 19.5 Å². The largest absolute Gasteiger partial charge is 0.306 e. The van der Waals surface area contributed by atoms with Crippen LogP contribution in [-0.4, -0.2) is 25.0 Å². The van der Waals surface area contributed by atoms with Crippen LogP contribution in [0, 0.1) is 29.6 Å². The average molecular weight is 165 g/mol. The Kier molecular flexibility index (Phi) is 1.39. The normalized spacial score (nSPS) is 58.0. The molecule has 0 bridgehead atoms. The molecule has 5 unspecified atom stereocenters. The van der Waals surface area contributed by atoms with Gasteiger partial charge in [-0.2, -0.15) is 0 Å². The van der Waals surface area contributed by atoms with Crippen LogP contribution in [0.15, 0.2) is 0 Å². The lowest BCUT2D eigenvalue weighted by atomic mass is 9.94. The van der Waals surface area contributed by atoms with Crippen molar-refractivity contribution in [3.05, 3.63) is 0 Å². The van der Waals surface area contributed by atoms with Gasteiger partial charge < -0.3 is 4.90 Å². The summed E-state index contributed by atoms with van der Waals surface area (Å²) in [6, 6.07) is 0. The summed E-state index contributed by atoms with van der Waals surface area (Å²) in [5, 5.41) is 0. The van der Waals surface area contributed by atoms with E-state index in [1.807, 2.05) is 0 Å². The molecular weight excluding hydrogens is 146 g/mol. The van der Waals surface area contributed by atoms with Crippen molar-refractivity contribution in [2.75, 3.05) is 20.1 Å². The highest BCUT2D eigenvalue weighted by atomic mass is 15.1. The minimum absolute atomic E-state index is 1.05. The molecule has 12 heavy (non-hydrogen) atoms. The van der Waals surface area contributed by atoms with Crippen molar-refractivity contribution in [1.82, 2.24) is 4.90 Å². The van der Waals surface area contributed by atoms with Gasteiger partial charge in [0.2, 0.25) is 0 Å². The monoisotopic (exact) mass is 165 g/mol. The Morgan fingerprint density at radius 1 is 1.25 bits per heavy atom. The summed E-state index contributed by atoms with van der Waals surface area (Å²) in [4.78, 5) is 2.55. The second-order valence-corrected chi connectivity index (χ2v) is 5.34. The van der Waals surface area contributed by atoms with Gasteiger partial charge in [-0.25, -0.2) is 0 Å². The SMILES string of the molecule is CC1CC2CCN(C)CC3C1C23. The molecule has 1 heterocycles.